The summed E-state index contributed by atoms with van der Waals surface area (Å²) in [5.74, 6) is 2.92. The highest BCUT2D eigenvalue weighted by atomic mass is 16.2. The molecule has 0 aromatic rings. The Balaban J connectivity index is 2.50. The normalized spacial score (nSPS) is 20.7. The van der Waals surface area contributed by atoms with Crippen molar-refractivity contribution in [1.82, 2.24) is 10.2 Å². The highest BCUT2D eigenvalue weighted by Crippen LogP contribution is 2.13. The van der Waals surface area contributed by atoms with Gasteiger partial charge in [-0.3, -0.25) is 4.79 Å². The number of carbonyl (C=O) groups is 1. The molecule has 3 heteroatoms. The second-order valence-corrected chi connectivity index (χ2v) is 4.01. The zero-order chi connectivity index (χ0) is 11.1. The number of carbonyl (C=O) groups excluding carboxylic acids is 1. The number of hydrogen-bond donors (Lipinski definition) is 1. The molecule has 0 bridgehead atoms. The van der Waals surface area contributed by atoms with Crippen molar-refractivity contribution >= 4 is 5.91 Å². The van der Waals surface area contributed by atoms with Crippen LogP contribution in [0.4, 0.5) is 0 Å². The average molecular weight is 208 g/mol. The van der Waals surface area contributed by atoms with E-state index in [-0.39, 0.29) is 11.8 Å². The van der Waals surface area contributed by atoms with Crippen molar-refractivity contribution in [3.8, 4) is 12.3 Å². The van der Waals surface area contributed by atoms with E-state index in [1.165, 1.54) is 0 Å². The lowest BCUT2D eigenvalue weighted by atomic mass is 9.98. The summed E-state index contributed by atoms with van der Waals surface area (Å²) in [7, 11) is 0. The van der Waals surface area contributed by atoms with Crippen LogP contribution < -0.4 is 5.32 Å². The van der Waals surface area contributed by atoms with Crippen molar-refractivity contribution < 1.29 is 4.79 Å². The molecule has 3 nitrogen and oxygen atoms in total. The van der Waals surface area contributed by atoms with E-state index < -0.39 is 0 Å². The summed E-state index contributed by atoms with van der Waals surface area (Å²) in [6, 6.07) is 0. The quantitative estimate of drug-likeness (QED) is 0.695. The van der Waals surface area contributed by atoms with Gasteiger partial charge in [-0.15, -0.1) is 6.42 Å². The van der Waals surface area contributed by atoms with Crippen molar-refractivity contribution in [2.75, 3.05) is 26.2 Å². The molecule has 1 heterocycles. The summed E-state index contributed by atoms with van der Waals surface area (Å²) < 4.78 is 0. The lowest BCUT2D eigenvalue weighted by Crippen LogP contribution is -2.43. The molecule has 1 amide bonds. The number of terminal acetylenes is 1. The second kappa shape index (κ2) is 6.47. The molecule has 1 rings (SSSR count). The molecule has 84 valence electrons. The van der Waals surface area contributed by atoms with Crippen molar-refractivity contribution in [3.63, 3.8) is 0 Å². The standard InChI is InChI=1S/C12H20N2O/c1-3-8-14(9-4-2)12(15)11-6-5-7-13-10-11/h1,11,13H,4-10H2,2H3. The molecular weight excluding hydrogens is 188 g/mol. The lowest BCUT2D eigenvalue weighted by molar-refractivity contribution is -0.135. The Bertz CT molecular complexity index is 238. The van der Waals surface area contributed by atoms with Gasteiger partial charge in [0.1, 0.15) is 0 Å². The average Bonchev–Trinajstić information content (AvgIpc) is 2.29. The van der Waals surface area contributed by atoms with Crippen LogP contribution in [0.15, 0.2) is 0 Å². The van der Waals surface area contributed by atoms with Gasteiger partial charge in [-0.25, -0.2) is 0 Å². The van der Waals surface area contributed by atoms with Gasteiger partial charge < -0.3 is 10.2 Å². The molecular formula is C12H20N2O. The van der Waals surface area contributed by atoms with E-state index in [0.717, 1.165) is 38.9 Å². The van der Waals surface area contributed by atoms with Crippen LogP contribution in [0.5, 0.6) is 0 Å². The molecule has 1 N–H and O–H groups in total. The minimum atomic E-state index is 0.138. The van der Waals surface area contributed by atoms with Gasteiger partial charge in [-0.2, -0.15) is 0 Å². The molecule has 0 aromatic carbocycles. The molecule has 15 heavy (non-hydrogen) atoms. The third-order valence-corrected chi connectivity index (χ3v) is 2.73. The molecule has 1 saturated heterocycles. The smallest absolute Gasteiger partial charge is 0.227 e. The molecule has 1 aliphatic heterocycles. The van der Waals surface area contributed by atoms with E-state index >= 15 is 0 Å². The largest absolute Gasteiger partial charge is 0.331 e. The maximum atomic E-state index is 12.1. The lowest BCUT2D eigenvalue weighted by Gasteiger charge is -2.28. The van der Waals surface area contributed by atoms with E-state index in [1.807, 2.05) is 0 Å². The third kappa shape index (κ3) is 3.56. The number of amides is 1. The first-order chi connectivity index (χ1) is 7.29. The second-order valence-electron chi connectivity index (χ2n) is 4.01. The fourth-order valence-electron chi connectivity index (χ4n) is 1.97. The molecule has 0 aliphatic carbocycles. The number of hydrogen-bond acceptors (Lipinski definition) is 2. The molecule has 0 saturated carbocycles. The van der Waals surface area contributed by atoms with E-state index in [4.69, 9.17) is 6.42 Å². The Labute approximate surface area is 92.2 Å². The number of rotatable bonds is 4. The molecule has 0 aromatic heterocycles. The van der Waals surface area contributed by atoms with Crippen molar-refractivity contribution in [2.24, 2.45) is 5.92 Å². The molecule has 1 fully saturated rings. The Morgan fingerprint density at radius 2 is 2.47 bits per heavy atom. The maximum Gasteiger partial charge on any atom is 0.227 e. The fraction of sp³-hybridized carbons (Fsp3) is 0.750. The summed E-state index contributed by atoms with van der Waals surface area (Å²) in [6.07, 6.45) is 8.32. The van der Waals surface area contributed by atoms with Crippen LogP contribution in [0.25, 0.3) is 0 Å². The monoisotopic (exact) mass is 208 g/mol. The van der Waals surface area contributed by atoms with Gasteiger partial charge in [0.15, 0.2) is 0 Å². The van der Waals surface area contributed by atoms with Crippen molar-refractivity contribution in [2.45, 2.75) is 26.2 Å². The Hall–Kier alpha value is -1.01. The molecule has 0 spiro atoms. The summed E-state index contributed by atoms with van der Waals surface area (Å²) in [5.41, 5.74) is 0. The van der Waals surface area contributed by atoms with Crippen LogP contribution >= 0.6 is 0 Å². The minimum absolute atomic E-state index is 0.138. The molecule has 0 radical (unpaired) electrons. The van der Waals surface area contributed by atoms with E-state index in [1.54, 1.807) is 4.90 Å². The van der Waals surface area contributed by atoms with Crippen LogP contribution in [0.2, 0.25) is 0 Å². The third-order valence-electron chi connectivity index (χ3n) is 2.73. The van der Waals surface area contributed by atoms with Crippen LogP contribution in [0.3, 0.4) is 0 Å². The number of nitrogens with one attached hydrogen (secondary N) is 1. The van der Waals surface area contributed by atoms with Crippen LogP contribution in [0.1, 0.15) is 26.2 Å². The Morgan fingerprint density at radius 3 is 3.00 bits per heavy atom. The summed E-state index contributed by atoms with van der Waals surface area (Å²) in [4.78, 5) is 13.9. The maximum absolute atomic E-state index is 12.1. The summed E-state index contributed by atoms with van der Waals surface area (Å²) in [5, 5.41) is 3.26. The zero-order valence-corrected chi connectivity index (χ0v) is 9.46. The van der Waals surface area contributed by atoms with Gasteiger partial charge in [-0.1, -0.05) is 12.8 Å². The predicted octanol–water partition coefficient (Wildman–Crippen LogP) is 0.858. The van der Waals surface area contributed by atoms with E-state index in [2.05, 4.69) is 18.2 Å². The molecule has 1 atom stereocenters. The fourth-order valence-corrected chi connectivity index (χ4v) is 1.97. The first-order valence-corrected chi connectivity index (χ1v) is 5.72. The van der Waals surface area contributed by atoms with E-state index in [0.29, 0.717) is 6.54 Å². The van der Waals surface area contributed by atoms with Crippen LogP contribution in [-0.2, 0) is 4.79 Å². The SMILES string of the molecule is C#CCN(CCC)C(=O)C1CCCNC1. The topological polar surface area (TPSA) is 32.3 Å². The first kappa shape index (κ1) is 12.1. The van der Waals surface area contributed by atoms with Gasteiger partial charge in [0.25, 0.3) is 0 Å². The Kier molecular flexibility index (Phi) is 5.20. The van der Waals surface area contributed by atoms with Gasteiger partial charge in [0.2, 0.25) is 5.91 Å². The summed E-state index contributed by atoms with van der Waals surface area (Å²) in [6.45, 7) is 5.13. The van der Waals surface area contributed by atoms with Crippen LogP contribution in [-0.4, -0.2) is 37.0 Å². The highest BCUT2D eigenvalue weighted by molar-refractivity contribution is 5.79. The predicted molar refractivity (Wildman–Crippen MR) is 61.3 cm³/mol. The van der Waals surface area contributed by atoms with Crippen molar-refractivity contribution in [1.29, 1.82) is 0 Å². The van der Waals surface area contributed by atoms with Gasteiger partial charge in [0.05, 0.1) is 12.5 Å². The summed E-state index contributed by atoms with van der Waals surface area (Å²) >= 11 is 0. The highest BCUT2D eigenvalue weighted by Gasteiger charge is 2.24. The van der Waals surface area contributed by atoms with Gasteiger partial charge in [0, 0.05) is 13.1 Å². The van der Waals surface area contributed by atoms with Crippen molar-refractivity contribution in [3.05, 3.63) is 0 Å². The zero-order valence-electron chi connectivity index (χ0n) is 9.46. The first-order valence-electron chi connectivity index (χ1n) is 5.72. The minimum Gasteiger partial charge on any atom is -0.331 e. The molecule has 1 unspecified atom stereocenters. The number of piperidine rings is 1. The van der Waals surface area contributed by atoms with Gasteiger partial charge >= 0.3 is 0 Å². The number of nitrogens with zero attached hydrogens (tertiary/aromatic N) is 1. The molecule has 1 aliphatic rings. The Morgan fingerprint density at radius 1 is 1.67 bits per heavy atom. The van der Waals surface area contributed by atoms with Crippen LogP contribution in [0, 0.1) is 18.3 Å². The van der Waals surface area contributed by atoms with Gasteiger partial charge in [-0.05, 0) is 25.8 Å². The van der Waals surface area contributed by atoms with E-state index in [9.17, 15) is 4.79 Å².